The van der Waals surface area contributed by atoms with Crippen LogP contribution in [0.5, 0.6) is 0 Å². The van der Waals surface area contributed by atoms with E-state index in [1.807, 2.05) is 19.2 Å². The largest absolute Gasteiger partial charge is 0.261 e. The fourth-order valence-corrected chi connectivity index (χ4v) is 1.26. The van der Waals surface area contributed by atoms with Crippen molar-refractivity contribution >= 4 is 0 Å². The summed E-state index contributed by atoms with van der Waals surface area (Å²) in [5.41, 5.74) is 2.77. The van der Waals surface area contributed by atoms with Gasteiger partial charge in [0.15, 0.2) is 0 Å². The number of aryl methyl sites for hydroxylation is 2. The molecule has 0 spiro atoms. The van der Waals surface area contributed by atoms with Crippen LogP contribution in [0.15, 0.2) is 12.3 Å². The highest BCUT2D eigenvalue weighted by atomic mass is 14.7. The van der Waals surface area contributed by atoms with Crippen molar-refractivity contribution in [3.05, 3.63) is 29.1 Å². The number of hydrogen-bond acceptors (Lipinski definition) is 2. The Morgan fingerprint density at radius 3 is 2.92 bits per heavy atom. The highest BCUT2D eigenvalue weighted by Crippen LogP contribution is 2.11. The zero-order valence-electron chi connectivity index (χ0n) is 8.17. The fourth-order valence-electron chi connectivity index (χ4n) is 1.26. The van der Waals surface area contributed by atoms with Crippen LogP contribution < -0.4 is 0 Å². The van der Waals surface area contributed by atoms with Crippen LogP contribution in [0.2, 0.25) is 0 Å². The molecule has 0 fully saturated rings. The maximum Gasteiger partial charge on any atom is 0.0995 e. The average molecular weight is 174 g/mol. The molecule has 0 amide bonds. The van der Waals surface area contributed by atoms with Crippen molar-refractivity contribution in [3.63, 3.8) is 0 Å². The van der Waals surface area contributed by atoms with E-state index in [0.717, 1.165) is 36.1 Å². The molecule has 0 aromatic carbocycles. The van der Waals surface area contributed by atoms with E-state index in [0.29, 0.717) is 0 Å². The summed E-state index contributed by atoms with van der Waals surface area (Å²) >= 11 is 0. The molecule has 68 valence electrons. The number of nitriles is 1. The molecule has 13 heavy (non-hydrogen) atoms. The third-order valence-electron chi connectivity index (χ3n) is 2.04. The van der Waals surface area contributed by atoms with Gasteiger partial charge in [0, 0.05) is 11.9 Å². The van der Waals surface area contributed by atoms with Crippen molar-refractivity contribution in [1.82, 2.24) is 4.98 Å². The second-order valence-electron chi connectivity index (χ2n) is 3.20. The second kappa shape index (κ2) is 4.61. The first-order valence-corrected chi connectivity index (χ1v) is 4.63. The lowest BCUT2D eigenvalue weighted by Crippen LogP contribution is -1.93. The smallest absolute Gasteiger partial charge is 0.0995 e. The molecule has 1 aromatic heterocycles. The van der Waals surface area contributed by atoms with Gasteiger partial charge in [0.2, 0.25) is 0 Å². The van der Waals surface area contributed by atoms with Crippen LogP contribution in [0.4, 0.5) is 0 Å². The number of nitrogens with zero attached hydrogens (tertiary/aromatic N) is 2. The molecule has 0 N–H and O–H groups in total. The zero-order valence-corrected chi connectivity index (χ0v) is 8.17. The molecule has 1 rings (SSSR count). The summed E-state index contributed by atoms with van der Waals surface area (Å²) in [5, 5.41) is 8.86. The van der Waals surface area contributed by atoms with Crippen LogP contribution in [-0.4, -0.2) is 4.98 Å². The topological polar surface area (TPSA) is 36.7 Å². The summed E-state index contributed by atoms with van der Waals surface area (Å²) < 4.78 is 0. The first kappa shape index (κ1) is 9.73. The van der Waals surface area contributed by atoms with Gasteiger partial charge in [0.25, 0.3) is 0 Å². The monoisotopic (exact) mass is 174 g/mol. The lowest BCUT2D eigenvalue weighted by molar-refractivity contribution is 0.789. The third-order valence-corrected chi connectivity index (χ3v) is 2.04. The summed E-state index contributed by atoms with van der Waals surface area (Å²) in [6.45, 7) is 4.05. The molecule has 0 radical (unpaired) electrons. The highest BCUT2D eigenvalue weighted by molar-refractivity contribution is 5.37. The number of pyridine rings is 1. The second-order valence-corrected chi connectivity index (χ2v) is 3.20. The van der Waals surface area contributed by atoms with E-state index >= 15 is 0 Å². The molecule has 0 saturated carbocycles. The average Bonchev–Trinajstić information content (AvgIpc) is 2.16. The van der Waals surface area contributed by atoms with E-state index in [-0.39, 0.29) is 0 Å². The summed E-state index contributed by atoms with van der Waals surface area (Å²) in [5.74, 6) is 0. The Morgan fingerprint density at radius 1 is 1.54 bits per heavy atom. The van der Waals surface area contributed by atoms with Gasteiger partial charge in [-0.2, -0.15) is 5.26 Å². The van der Waals surface area contributed by atoms with Crippen LogP contribution in [-0.2, 0) is 6.42 Å². The summed E-state index contributed by atoms with van der Waals surface area (Å²) in [6.07, 6.45) is 5.06. The predicted octanol–water partition coefficient (Wildman–Crippen LogP) is 2.60. The summed E-state index contributed by atoms with van der Waals surface area (Å²) in [4.78, 5) is 4.19. The minimum atomic E-state index is 0.779. The van der Waals surface area contributed by atoms with Gasteiger partial charge in [0.1, 0.15) is 0 Å². The Kier molecular flexibility index (Phi) is 3.45. The third kappa shape index (κ3) is 2.55. The molecule has 0 aliphatic rings. The quantitative estimate of drug-likeness (QED) is 0.706. The van der Waals surface area contributed by atoms with Crippen LogP contribution in [0.1, 0.15) is 36.6 Å². The number of unbranched alkanes of at least 4 members (excludes halogenated alkanes) is 1. The SMILES string of the molecule is CCCCc1cnc(C)cc1C#N. The molecule has 0 aliphatic carbocycles. The molecule has 0 aliphatic heterocycles. The van der Waals surface area contributed by atoms with Crippen molar-refractivity contribution < 1.29 is 0 Å². The number of aromatic nitrogens is 1. The molecule has 2 heteroatoms. The van der Waals surface area contributed by atoms with E-state index in [1.54, 1.807) is 0 Å². The van der Waals surface area contributed by atoms with Crippen molar-refractivity contribution in [2.24, 2.45) is 0 Å². The van der Waals surface area contributed by atoms with E-state index in [9.17, 15) is 0 Å². The van der Waals surface area contributed by atoms with Crippen molar-refractivity contribution in [2.45, 2.75) is 33.1 Å². The number of rotatable bonds is 3. The Bertz CT molecular complexity index is 323. The minimum absolute atomic E-state index is 0.779. The van der Waals surface area contributed by atoms with Gasteiger partial charge in [-0.3, -0.25) is 4.98 Å². The van der Waals surface area contributed by atoms with Crippen LogP contribution in [0.3, 0.4) is 0 Å². The van der Waals surface area contributed by atoms with E-state index in [2.05, 4.69) is 18.0 Å². The zero-order chi connectivity index (χ0) is 9.68. The highest BCUT2D eigenvalue weighted by Gasteiger charge is 2.01. The van der Waals surface area contributed by atoms with Gasteiger partial charge in [0.05, 0.1) is 11.6 Å². The van der Waals surface area contributed by atoms with E-state index in [4.69, 9.17) is 5.26 Å². The van der Waals surface area contributed by atoms with Gasteiger partial charge in [-0.05, 0) is 31.4 Å². The molecule has 0 atom stereocenters. The molecule has 2 nitrogen and oxygen atoms in total. The molecule has 0 unspecified atom stereocenters. The Balaban J connectivity index is 2.88. The normalized spacial score (nSPS) is 9.62. The summed E-state index contributed by atoms with van der Waals surface area (Å²) in [7, 11) is 0. The molecular weight excluding hydrogens is 160 g/mol. The molecule has 0 bridgehead atoms. The first-order chi connectivity index (χ1) is 6.27. The van der Waals surface area contributed by atoms with Gasteiger partial charge >= 0.3 is 0 Å². The van der Waals surface area contributed by atoms with Crippen molar-refractivity contribution in [1.29, 1.82) is 5.26 Å². The van der Waals surface area contributed by atoms with Gasteiger partial charge < -0.3 is 0 Å². The standard InChI is InChI=1S/C11H14N2/c1-3-4-5-10-8-13-9(2)6-11(10)7-12/h6,8H,3-5H2,1-2H3. The molecule has 1 heterocycles. The van der Waals surface area contributed by atoms with Gasteiger partial charge in [-0.15, -0.1) is 0 Å². The van der Waals surface area contributed by atoms with E-state index < -0.39 is 0 Å². The van der Waals surface area contributed by atoms with Crippen LogP contribution in [0, 0.1) is 18.3 Å². The van der Waals surface area contributed by atoms with Crippen molar-refractivity contribution in [3.8, 4) is 6.07 Å². The fraction of sp³-hybridized carbons (Fsp3) is 0.455. The lowest BCUT2D eigenvalue weighted by atomic mass is 10.0. The Hall–Kier alpha value is -1.36. The van der Waals surface area contributed by atoms with Crippen molar-refractivity contribution in [2.75, 3.05) is 0 Å². The number of hydrogen-bond donors (Lipinski definition) is 0. The van der Waals surface area contributed by atoms with Gasteiger partial charge in [-0.1, -0.05) is 13.3 Å². The predicted molar refractivity (Wildman–Crippen MR) is 52.3 cm³/mol. The molecular formula is C11H14N2. The Labute approximate surface area is 79.2 Å². The summed E-state index contributed by atoms with van der Waals surface area (Å²) in [6, 6.07) is 4.06. The van der Waals surface area contributed by atoms with E-state index in [1.165, 1.54) is 0 Å². The Morgan fingerprint density at radius 2 is 2.31 bits per heavy atom. The lowest BCUT2D eigenvalue weighted by Gasteiger charge is -2.02. The molecule has 1 aromatic rings. The minimum Gasteiger partial charge on any atom is -0.261 e. The first-order valence-electron chi connectivity index (χ1n) is 4.63. The molecule has 0 saturated heterocycles. The van der Waals surface area contributed by atoms with Gasteiger partial charge in [-0.25, -0.2) is 0 Å². The van der Waals surface area contributed by atoms with Crippen LogP contribution in [0.25, 0.3) is 0 Å². The maximum absolute atomic E-state index is 8.86. The maximum atomic E-state index is 8.86. The van der Waals surface area contributed by atoms with Crippen LogP contribution >= 0.6 is 0 Å².